The Balaban J connectivity index is 1.57. The maximum Gasteiger partial charge on any atom is 0.342 e. The van der Waals surface area contributed by atoms with Gasteiger partial charge in [0.15, 0.2) is 6.61 Å². The minimum atomic E-state index is -0.815. The SMILES string of the molecule is Cc1cccc(C)c1NC(=O)CN(C)C(=O)COC(=O)c1ccc2ccccc2c1O. The number of rotatable bonds is 6. The molecular formula is C24H24N2O5. The molecule has 160 valence electrons. The lowest BCUT2D eigenvalue weighted by atomic mass is 10.1. The molecule has 0 aliphatic carbocycles. The monoisotopic (exact) mass is 420 g/mol. The first-order chi connectivity index (χ1) is 14.8. The van der Waals surface area contributed by atoms with E-state index in [9.17, 15) is 19.5 Å². The van der Waals surface area contributed by atoms with Gasteiger partial charge < -0.3 is 20.1 Å². The summed E-state index contributed by atoms with van der Waals surface area (Å²) in [5.74, 6) is -1.90. The smallest absolute Gasteiger partial charge is 0.342 e. The summed E-state index contributed by atoms with van der Waals surface area (Å²) in [4.78, 5) is 38.1. The Labute approximate surface area is 180 Å². The van der Waals surface area contributed by atoms with Crippen LogP contribution in [0.3, 0.4) is 0 Å². The highest BCUT2D eigenvalue weighted by molar-refractivity contribution is 6.02. The number of phenols is 1. The van der Waals surface area contributed by atoms with Gasteiger partial charge in [0.2, 0.25) is 5.91 Å². The van der Waals surface area contributed by atoms with Crippen molar-refractivity contribution in [3.05, 3.63) is 71.3 Å². The van der Waals surface area contributed by atoms with Crippen molar-refractivity contribution in [2.75, 3.05) is 25.5 Å². The summed E-state index contributed by atoms with van der Waals surface area (Å²) < 4.78 is 5.06. The zero-order valence-corrected chi connectivity index (χ0v) is 17.6. The second-order valence-corrected chi connectivity index (χ2v) is 7.32. The van der Waals surface area contributed by atoms with Crippen molar-refractivity contribution in [3.8, 4) is 5.75 Å². The molecule has 0 radical (unpaired) electrons. The second kappa shape index (κ2) is 9.30. The third-order valence-electron chi connectivity index (χ3n) is 5.00. The molecule has 0 saturated heterocycles. The Morgan fingerprint density at radius 3 is 2.35 bits per heavy atom. The van der Waals surface area contributed by atoms with Gasteiger partial charge in [0.25, 0.3) is 5.91 Å². The molecule has 3 aromatic rings. The van der Waals surface area contributed by atoms with Crippen molar-refractivity contribution < 1.29 is 24.2 Å². The van der Waals surface area contributed by atoms with Gasteiger partial charge in [-0.2, -0.15) is 0 Å². The first kappa shape index (κ1) is 21.8. The average molecular weight is 420 g/mol. The number of phenolic OH excluding ortho intramolecular Hbond substituents is 1. The number of benzene rings is 3. The van der Waals surface area contributed by atoms with Crippen molar-refractivity contribution in [2.24, 2.45) is 0 Å². The zero-order valence-electron chi connectivity index (χ0n) is 17.6. The van der Waals surface area contributed by atoms with E-state index < -0.39 is 18.5 Å². The van der Waals surface area contributed by atoms with Crippen LogP contribution in [0, 0.1) is 13.8 Å². The Hall–Kier alpha value is -3.87. The molecule has 7 heteroatoms. The van der Waals surface area contributed by atoms with E-state index >= 15 is 0 Å². The summed E-state index contributed by atoms with van der Waals surface area (Å²) in [7, 11) is 1.45. The number of aromatic hydroxyl groups is 1. The fourth-order valence-electron chi connectivity index (χ4n) is 3.23. The molecule has 0 heterocycles. The second-order valence-electron chi connectivity index (χ2n) is 7.32. The fourth-order valence-corrected chi connectivity index (χ4v) is 3.23. The van der Waals surface area contributed by atoms with Gasteiger partial charge in [0.1, 0.15) is 11.3 Å². The fraction of sp³-hybridized carbons (Fsp3) is 0.208. The third kappa shape index (κ3) is 5.01. The van der Waals surface area contributed by atoms with Gasteiger partial charge >= 0.3 is 5.97 Å². The number of carbonyl (C=O) groups excluding carboxylic acids is 3. The van der Waals surface area contributed by atoms with Gasteiger partial charge in [0.05, 0.1) is 6.54 Å². The lowest BCUT2D eigenvalue weighted by molar-refractivity contribution is -0.136. The summed E-state index contributed by atoms with van der Waals surface area (Å²) in [6.07, 6.45) is 0. The summed E-state index contributed by atoms with van der Waals surface area (Å²) in [6, 6.07) is 15.9. The van der Waals surface area contributed by atoms with Gasteiger partial charge in [-0.3, -0.25) is 9.59 Å². The number of amides is 2. The van der Waals surface area contributed by atoms with E-state index in [1.165, 1.54) is 18.0 Å². The molecule has 7 nitrogen and oxygen atoms in total. The predicted octanol–water partition coefficient (Wildman–Crippen LogP) is 3.42. The van der Waals surface area contributed by atoms with Gasteiger partial charge in [-0.1, -0.05) is 48.5 Å². The minimum absolute atomic E-state index is 0.0260. The molecule has 0 aliphatic rings. The molecular weight excluding hydrogens is 396 g/mol. The highest BCUT2D eigenvalue weighted by Crippen LogP contribution is 2.29. The minimum Gasteiger partial charge on any atom is -0.506 e. The van der Waals surface area contributed by atoms with Crippen molar-refractivity contribution in [2.45, 2.75) is 13.8 Å². The van der Waals surface area contributed by atoms with Crippen LogP contribution in [0.1, 0.15) is 21.5 Å². The van der Waals surface area contributed by atoms with E-state index in [-0.39, 0.29) is 23.8 Å². The molecule has 0 aliphatic heterocycles. The number of hydrogen-bond donors (Lipinski definition) is 2. The molecule has 0 spiro atoms. The lowest BCUT2D eigenvalue weighted by Crippen LogP contribution is -2.37. The van der Waals surface area contributed by atoms with E-state index in [1.54, 1.807) is 18.2 Å². The summed E-state index contributed by atoms with van der Waals surface area (Å²) in [6.45, 7) is 3.04. The van der Waals surface area contributed by atoms with Crippen LogP contribution in [0.15, 0.2) is 54.6 Å². The van der Waals surface area contributed by atoms with Crippen LogP contribution in [0.25, 0.3) is 10.8 Å². The van der Waals surface area contributed by atoms with Crippen molar-refractivity contribution in [3.63, 3.8) is 0 Å². The maximum absolute atomic E-state index is 12.3. The number of fused-ring (bicyclic) bond motifs is 1. The summed E-state index contributed by atoms with van der Waals surface area (Å²) >= 11 is 0. The lowest BCUT2D eigenvalue weighted by Gasteiger charge is -2.18. The van der Waals surface area contributed by atoms with Gasteiger partial charge in [-0.25, -0.2) is 4.79 Å². The van der Waals surface area contributed by atoms with Crippen LogP contribution >= 0.6 is 0 Å². The quantitative estimate of drug-likeness (QED) is 0.596. The first-order valence-electron chi connectivity index (χ1n) is 9.75. The molecule has 0 unspecified atom stereocenters. The van der Waals surface area contributed by atoms with E-state index in [4.69, 9.17) is 4.74 Å². The van der Waals surface area contributed by atoms with Crippen molar-refractivity contribution in [1.29, 1.82) is 0 Å². The van der Waals surface area contributed by atoms with Crippen molar-refractivity contribution >= 4 is 34.2 Å². The number of carbonyl (C=O) groups is 3. The molecule has 31 heavy (non-hydrogen) atoms. The molecule has 0 saturated carbocycles. The van der Waals surface area contributed by atoms with Crippen LogP contribution in [0.5, 0.6) is 5.75 Å². The van der Waals surface area contributed by atoms with Crippen LogP contribution in [-0.4, -0.2) is 48.0 Å². The number of anilines is 1. The molecule has 2 N–H and O–H groups in total. The molecule has 0 atom stereocenters. The number of likely N-dealkylation sites (N-methyl/N-ethyl adjacent to an activating group) is 1. The van der Waals surface area contributed by atoms with Crippen LogP contribution in [0.4, 0.5) is 5.69 Å². The Bertz CT molecular complexity index is 1140. The third-order valence-corrected chi connectivity index (χ3v) is 5.00. The van der Waals surface area contributed by atoms with E-state index in [2.05, 4.69) is 5.32 Å². The number of hydrogen-bond acceptors (Lipinski definition) is 5. The highest BCUT2D eigenvalue weighted by atomic mass is 16.5. The predicted molar refractivity (Wildman–Crippen MR) is 118 cm³/mol. The number of nitrogens with one attached hydrogen (secondary N) is 1. The van der Waals surface area contributed by atoms with Gasteiger partial charge in [-0.15, -0.1) is 0 Å². The summed E-state index contributed by atoms with van der Waals surface area (Å²) in [5, 5.41) is 14.5. The standard InChI is InChI=1S/C24H24N2O5/c1-15-7-6-8-16(2)22(15)25-20(27)13-26(3)21(28)14-31-24(30)19-12-11-17-9-4-5-10-18(17)23(19)29/h4-12,29H,13-14H2,1-3H3,(H,25,27). The van der Waals surface area contributed by atoms with Crippen LogP contribution in [0.2, 0.25) is 0 Å². The van der Waals surface area contributed by atoms with Gasteiger partial charge in [0, 0.05) is 18.1 Å². The largest absolute Gasteiger partial charge is 0.506 e. The van der Waals surface area contributed by atoms with Crippen molar-refractivity contribution in [1.82, 2.24) is 4.90 Å². The zero-order chi connectivity index (χ0) is 22.5. The number of para-hydroxylation sites is 1. The molecule has 0 fully saturated rings. The number of aryl methyl sites for hydroxylation is 2. The maximum atomic E-state index is 12.3. The van der Waals surface area contributed by atoms with Crippen LogP contribution in [-0.2, 0) is 14.3 Å². The molecule has 0 aromatic heterocycles. The van der Waals surface area contributed by atoms with E-state index in [1.807, 2.05) is 44.2 Å². The van der Waals surface area contributed by atoms with Gasteiger partial charge in [-0.05, 0) is 36.4 Å². The average Bonchev–Trinajstić information content (AvgIpc) is 2.75. The Kier molecular flexibility index (Phi) is 6.55. The Morgan fingerprint density at radius 2 is 1.65 bits per heavy atom. The molecule has 0 bridgehead atoms. The van der Waals surface area contributed by atoms with E-state index in [0.29, 0.717) is 11.1 Å². The highest BCUT2D eigenvalue weighted by Gasteiger charge is 2.19. The number of ether oxygens (including phenoxy) is 1. The Morgan fingerprint density at radius 1 is 0.968 bits per heavy atom. The first-order valence-corrected chi connectivity index (χ1v) is 9.75. The summed E-state index contributed by atoms with van der Waals surface area (Å²) in [5.41, 5.74) is 2.53. The molecule has 2 amide bonds. The van der Waals surface area contributed by atoms with Crippen LogP contribution < -0.4 is 5.32 Å². The molecule has 3 rings (SSSR count). The number of nitrogens with zero attached hydrogens (tertiary/aromatic N) is 1. The topological polar surface area (TPSA) is 95.9 Å². The normalized spacial score (nSPS) is 10.5. The number of esters is 1. The molecule has 3 aromatic carbocycles. The van der Waals surface area contributed by atoms with E-state index in [0.717, 1.165) is 16.5 Å².